The van der Waals surface area contributed by atoms with Crippen molar-refractivity contribution in [2.45, 2.75) is 76.8 Å². The molecular weight excluding hydrogens is 224 g/mol. The molecule has 1 amide bonds. The second kappa shape index (κ2) is 6.55. The Labute approximate surface area is 111 Å². The van der Waals surface area contributed by atoms with Crippen molar-refractivity contribution >= 4 is 5.91 Å². The van der Waals surface area contributed by atoms with Gasteiger partial charge < -0.3 is 10.6 Å². The van der Waals surface area contributed by atoms with Gasteiger partial charge in [-0.25, -0.2) is 0 Å². The number of carbonyl (C=O) groups excluding carboxylic acids is 1. The first-order valence-corrected chi connectivity index (χ1v) is 7.75. The zero-order chi connectivity index (χ0) is 13.0. The van der Waals surface area contributed by atoms with Gasteiger partial charge in [0.25, 0.3) is 0 Å². The third kappa shape index (κ3) is 3.47. The third-order valence-electron chi connectivity index (χ3n) is 4.83. The van der Waals surface area contributed by atoms with Crippen molar-refractivity contribution in [1.82, 2.24) is 4.90 Å². The van der Waals surface area contributed by atoms with Crippen LogP contribution in [0.3, 0.4) is 0 Å². The molecule has 0 aromatic heterocycles. The van der Waals surface area contributed by atoms with E-state index in [1.54, 1.807) is 0 Å². The van der Waals surface area contributed by atoms with Gasteiger partial charge in [-0.2, -0.15) is 0 Å². The third-order valence-corrected chi connectivity index (χ3v) is 4.83. The topological polar surface area (TPSA) is 46.3 Å². The Kier molecular flexibility index (Phi) is 5.04. The summed E-state index contributed by atoms with van der Waals surface area (Å²) >= 11 is 0. The largest absolute Gasteiger partial charge is 0.340 e. The lowest BCUT2D eigenvalue weighted by atomic mass is 9.83. The quantitative estimate of drug-likeness (QED) is 0.836. The number of nitrogens with zero attached hydrogens (tertiary/aromatic N) is 1. The highest BCUT2D eigenvalue weighted by Gasteiger charge is 2.27. The van der Waals surface area contributed by atoms with Crippen molar-refractivity contribution in [3.05, 3.63) is 0 Å². The summed E-state index contributed by atoms with van der Waals surface area (Å²) in [6.07, 6.45) is 10.1. The second-order valence-corrected chi connectivity index (χ2v) is 6.11. The molecule has 1 atom stereocenters. The summed E-state index contributed by atoms with van der Waals surface area (Å²) < 4.78 is 0. The van der Waals surface area contributed by atoms with Crippen LogP contribution in [0.5, 0.6) is 0 Å². The fraction of sp³-hybridized carbons (Fsp3) is 0.933. The Morgan fingerprint density at radius 3 is 2.61 bits per heavy atom. The van der Waals surface area contributed by atoms with E-state index >= 15 is 0 Å². The minimum atomic E-state index is 0.397. The Balaban J connectivity index is 1.71. The summed E-state index contributed by atoms with van der Waals surface area (Å²) in [5.41, 5.74) is 5.91. The van der Waals surface area contributed by atoms with Crippen molar-refractivity contribution in [1.29, 1.82) is 0 Å². The highest BCUT2D eigenvalue weighted by atomic mass is 16.2. The van der Waals surface area contributed by atoms with E-state index in [0.29, 0.717) is 18.0 Å². The van der Waals surface area contributed by atoms with Crippen molar-refractivity contribution < 1.29 is 4.79 Å². The Hall–Kier alpha value is -0.570. The monoisotopic (exact) mass is 252 g/mol. The molecule has 2 rings (SSSR count). The van der Waals surface area contributed by atoms with Crippen molar-refractivity contribution in [3.63, 3.8) is 0 Å². The van der Waals surface area contributed by atoms with Crippen LogP contribution in [0.2, 0.25) is 0 Å². The first-order chi connectivity index (χ1) is 8.70. The van der Waals surface area contributed by atoms with Gasteiger partial charge in [-0.15, -0.1) is 0 Å². The standard InChI is InChI=1S/C15H28N2O/c1-2-14-4-3-11-17(14)15(18)10-7-12-5-8-13(16)9-6-12/h12-14H,2-11,16H2,1H3. The van der Waals surface area contributed by atoms with Crippen molar-refractivity contribution in [2.75, 3.05) is 6.54 Å². The van der Waals surface area contributed by atoms with Crippen LogP contribution in [0.15, 0.2) is 0 Å². The van der Waals surface area contributed by atoms with Gasteiger partial charge in [0, 0.05) is 25.0 Å². The van der Waals surface area contributed by atoms with Gasteiger partial charge in [-0.05, 0) is 57.3 Å². The molecular formula is C15H28N2O. The number of likely N-dealkylation sites (tertiary alicyclic amines) is 1. The van der Waals surface area contributed by atoms with Gasteiger partial charge in [-0.1, -0.05) is 6.92 Å². The van der Waals surface area contributed by atoms with E-state index < -0.39 is 0 Å². The first kappa shape index (κ1) is 13.9. The van der Waals surface area contributed by atoms with Gasteiger partial charge in [-0.3, -0.25) is 4.79 Å². The van der Waals surface area contributed by atoms with Crippen LogP contribution in [0, 0.1) is 5.92 Å². The molecule has 0 radical (unpaired) electrons. The molecule has 1 aliphatic heterocycles. The van der Waals surface area contributed by atoms with Crippen molar-refractivity contribution in [3.8, 4) is 0 Å². The Bertz CT molecular complexity index is 272. The maximum atomic E-state index is 12.2. The maximum absolute atomic E-state index is 12.2. The highest BCUT2D eigenvalue weighted by molar-refractivity contribution is 5.76. The normalized spacial score (nSPS) is 32.8. The molecule has 0 spiro atoms. The first-order valence-electron chi connectivity index (χ1n) is 7.75. The molecule has 3 nitrogen and oxygen atoms in total. The summed E-state index contributed by atoms with van der Waals surface area (Å²) in [5, 5.41) is 0. The highest BCUT2D eigenvalue weighted by Crippen LogP contribution is 2.28. The zero-order valence-corrected chi connectivity index (χ0v) is 11.7. The van der Waals surface area contributed by atoms with E-state index in [1.807, 2.05) is 0 Å². The van der Waals surface area contributed by atoms with Gasteiger partial charge >= 0.3 is 0 Å². The smallest absolute Gasteiger partial charge is 0.222 e. The van der Waals surface area contributed by atoms with E-state index in [9.17, 15) is 4.79 Å². The molecule has 1 saturated carbocycles. The number of amides is 1. The molecule has 0 aromatic carbocycles. The minimum Gasteiger partial charge on any atom is -0.340 e. The minimum absolute atomic E-state index is 0.397. The molecule has 1 aliphatic carbocycles. The van der Waals surface area contributed by atoms with Crippen LogP contribution in [-0.4, -0.2) is 29.4 Å². The summed E-state index contributed by atoms with van der Waals surface area (Å²) in [6.45, 7) is 3.19. The van der Waals surface area contributed by atoms with Gasteiger partial charge in [0.1, 0.15) is 0 Å². The fourth-order valence-electron chi connectivity index (χ4n) is 3.54. The van der Waals surface area contributed by atoms with Crippen LogP contribution in [-0.2, 0) is 4.79 Å². The molecule has 0 aromatic rings. The molecule has 1 heterocycles. The van der Waals surface area contributed by atoms with Crippen LogP contribution in [0.25, 0.3) is 0 Å². The van der Waals surface area contributed by atoms with Crippen LogP contribution in [0.1, 0.15) is 64.7 Å². The predicted molar refractivity (Wildman–Crippen MR) is 74.2 cm³/mol. The predicted octanol–water partition coefficient (Wildman–Crippen LogP) is 2.69. The molecule has 18 heavy (non-hydrogen) atoms. The Morgan fingerprint density at radius 1 is 1.22 bits per heavy atom. The van der Waals surface area contributed by atoms with Crippen LogP contribution in [0.4, 0.5) is 0 Å². The lowest BCUT2D eigenvalue weighted by Gasteiger charge is -2.28. The molecule has 2 N–H and O–H groups in total. The summed E-state index contributed by atoms with van der Waals surface area (Å²) in [4.78, 5) is 14.4. The van der Waals surface area contributed by atoms with E-state index in [2.05, 4.69) is 11.8 Å². The van der Waals surface area contributed by atoms with E-state index in [0.717, 1.165) is 44.6 Å². The number of carbonyl (C=O) groups is 1. The molecule has 104 valence electrons. The molecule has 2 aliphatic rings. The number of hydrogen-bond acceptors (Lipinski definition) is 2. The lowest BCUT2D eigenvalue weighted by Crippen LogP contribution is -2.35. The van der Waals surface area contributed by atoms with Crippen molar-refractivity contribution in [2.24, 2.45) is 11.7 Å². The number of hydrogen-bond donors (Lipinski definition) is 1. The van der Waals surface area contributed by atoms with Crippen LogP contribution < -0.4 is 5.73 Å². The lowest BCUT2D eigenvalue weighted by molar-refractivity contribution is -0.132. The SMILES string of the molecule is CCC1CCCN1C(=O)CCC1CCC(N)CC1. The molecule has 2 fully saturated rings. The number of nitrogens with two attached hydrogens (primary N) is 1. The average Bonchev–Trinajstić information content (AvgIpc) is 2.86. The van der Waals surface area contributed by atoms with Crippen LogP contribution >= 0.6 is 0 Å². The van der Waals surface area contributed by atoms with Gasteiger partial charge in [0.05, 0.1) is 0 Å². The summed E-state index contributed by atoms with van der Waals surface area (Å²) in [5.74, 6) is 1.14. The van der Waals surface area contributed by atoms with Gasteiger partial charge in [0.2, 0.25) is 5.91 Å². The Morgan fingerprint density at radius 2 is 1.94 bits per heavy atom. The summed E-state index contributed by atoms with van der Waals surface area (Å²) in [6, 6.07) is 0.942. The average molecular weight is 252 g/mol. The van der Waals surface area contributed by atoms with Gasteiger partial charge in [0.15, 0.2) is 0 Å². The molecule has 1 unspecified atom stereocenters. The fourth-order valence-corrected chi connectivity index (χ4v) is 3.54. The maximum Gasteiger partial charge on any atom is 0.222 e. The molecule has 3 heteroatoms. The van der Waals surface area contributed by atoms with E-state index in [1.165, 1.54) is 25.7 Å². The van der Waals surface area contributed by atoms with E-state index in [4.69, 9.17) is 5.73 Å². The second-order valence-electron chi connectivity index (χ2n) is 6.11. The molecule has 1 saturated heterocycles. The number of rotatable bonds is 4. The zero-order valence-electron chi connectivity index (χ0n) is 11.7. The van der Waals surface area contributed by atoms with E-state index in [-0.39, 0.29) is 0 Å². The molecule has 0 bridgehead atoms. The summed E-state index contributed by atoms with van der Waals surface area (Å²) in [7, 11) is 0.